The molecule has 4 rings (SSSR count). The van der Waals surface area contributed by atoms with Crippen LogP contribution in [-0.4, -0.2) is 57.1 Å². The molecule has 1 aromatic carbocycles. The monoisotopic (exact) mass is 468 g/mol. The third-order valence-electron chi connectivity index (χ3n) is 7.13. The molecule has 2 heterocycles. The Morgan fingerprint density at radius 2 is 1.73 bits per heavy atom. The number of nitrogens with zero attached hydrogens (tertiary/aromatic N) is 4. The minimum Gasteiger partial charge on any atom is -0.337 e. The highest BCUT2D eigenvalue weighted by molar-refractivity contribution is 6.30. The Hall–Kier alpha value is -2.31. The number of aromatic nitrogens is 2. The van der Waals surface area contributed by atoms with E-state index < -0.39 is 0 Å². The molecule has 6 nitrogen and oxygen atoms in total. The second-order valence-electron chi connectivity index (χ2n) is 9.57. The lowest BCUT2D eigenvalue weighted by Gasteiger charge is -2.41. The second-order valence-corrected chi connectivity index (χ2v) is 10.0. The van der Waals surface area contributed by atoms with E-state index in [1.54, 1.807) is 19.3 Å². The summed E-state index contributed by atoms with van der Waals surface area (Å²) in [4.78, 5) is 38.4. The molecular formula is C26H33ClN4O2. The third-order valence-corrected chi connectivity index (χ3v) is 7.35. The zero-order chi connectivity index (χ0) is 23.5. The van der Waals surface area contributed by atoms with Crippen LogP contribution in [0.3, 0.4) is 0 Å². The highest BCUT2D eigenvalue weighted by Crippen LogP contribution is 2.29. The number of hydrogen-bond donors (Lipinski definition) is 0. The lowest BCUT2D eigenvalue weighted by Crippen LogP contribution is -2.54. The van der Waals surface area contributed by atoms with Gasteiger partial charge in [0, 0.05) is 62.0 Å². The predicted octanol–water partition coefficient (Wildman–Crippen LogP) is 4.40. The molecule has 7 heteroatoms. The Morgan fingerprint density at radius 1 is 1.06 bits per heavy atom. The first-order valence-electron chi connectivity index (χ1n) is 11.9. The summed E-state index contributed by atoms with van der Waals surface area (Å²) in [7, 11) is 0. The number of carbonyl (C=O) groups is 2. The second kappa shape index (κ2) is 10.3. The third kappa shape index (κ3) is 5.61. The maximum Gasteiger partial charge on any atom is 0.226 e. The molecule has 2 aliphatic rings. The zero-order valence-electron chi connectivity index (χ0n) is 19.8. The SMILES string of the molecule is Cc1ncc(C(=O)Cc2cc(Cl)cc(CN3CCN(C(=O)C4CCCC4)[C@@H](C)C3)c2C)cn1. The first-order chi connectivity index (χ1) is 15.8. The number of halogens is 1. The molecule has 176 valence electrons. The van der Waals surface area contributed by atoms with Gasteiger partial charge in [0.2, 0.25) is 5.91 Å². The number of rotatable bonds is 6. The highest BCUT2D eigenvalue weighted by Gasteiger charge is 2.33. The predicted molar refractivity (Wildman–Crippen MR) is 129 cm³/mol. The standard InChI is InChI=1S/C26H33ClN4O2/c1-17-15-30(8-9-31(17)26(33)20-6-4-5-7-20)16-22-11-24(27)10-21(18(22)2)12-25(32)23-13-28-19(3)29-14-23/h10-11,13-14,17,20H,4-9,12,15-16H2,1-3H3/t17-/m0/s1. The van der Waals surface area contributed by atoms with E-state index in [9.17, 15) is 9.59 Å². The number of benzene rings is 1. The van der Waals surface area contributed by atoms with Gasteiger partial charge in [-0.2, -0.15) is 0 Å². The molecule has 1 saturated carbocycles. The fourth-order valence-electron chi connectivity index (χ4n) is 5.11. The molecule has 33 heavy (non-hydrogen) atoms. The van der Waals surface area contributed by atoms with Crippen LogP contribution < -0.4 is 0 Å². The summed E-state index contributed by atoms with van der Waals surface area (Å²) in [6.45, 7) is 9.24. The van der Waals surface area contributed by atoms with Gasteiger partial charge < -0.3 is 4.90 Å². The Balaban J connectivity index is 1.42. The average molecular weight is 469 g/mol. The summed E-state index contributed by atoms with van der Waals surface area (Å²) < 4.78 is 0. The van der Waals surface area contributed by atoms with Crippen molar-refractivity contribution < 1.29 is 9.59 Å². The fraction of sp³-hybridized carbons (Fsp3) is 0.538. The summed E-state index contributed by atoms with van der Waals surface area (Å²) in [6, 6.07) is 4.09. The molecule has 1 atom stereocenters. The van der Waals surface area contributed by atoms with E-state index in [1.165, 1.54) is 12.8 Å². The van der Waals surface area contributed by atoms with Gasteiger partial charge in [-0.15, -0.1) is 0 Å². The summed E-state index contributed by atoms with van der Waals surface area (Å²) in [6.07, 6.45) is 7.89. The van der Waals surface area contributed by atoms with Crippen molar-refractivity contribution in [1.82, 2.24) is 19.8 Å². The van der Waals surface area contributed by atoms with Crippen LogP contribution in [0, 0.1) is 19.8 Å². The van der Waals surface area contributed by atoms with Crippen LogP contribution in [-0.2, 0) is 17.8 Å². The zero-order valence-corrected chi connectivity index (χ0v) is 20.6. The van der Waals surface area contributed by atoms with Gasteiger partial charge in [0.05, 0.1) is 5.56 Å². The minimum atomic E-state index is -0.0148. The molecule has 0 N–H and O–H groups in total. The van der Waals surface area contributed by atoms with E-state index in [4.69, 9.17) is 11.6 Å². The van der Waals surface area contributed by atoms with Gasteiger partial charge in [0.15, 0.2) is 5.78 Å². The summed E-state index contributed by atoms with van der Waals surface area (Å²) in [5, 5.41) is 0.640. The molecule has 2 fully saturated rings. The van der Waals surface area contributed by atoms with Crippen LogP contribution in [0.15, 0.2) is 24.5 Å². The van der Waals surface area contributed by atoms with Crippen LogP contribution in [0.5, 0.6) is 0 Å². The lowest BCUT2D eigenvalue weighted by atomic mass is 9.96. The fourth-order valence-corrected chi connectivity index (χ4v) is 5.37. The first kappa shape index (κ1) is 23.8. The summed E-state index contributed by atoms with van der Waals surface area (Å²) in [5.74, 6) is 1.21. The molecule has 0 radical (unpaired) electrons. The molecule has 1 amide bonds. The molecule has 1 aliphatic carbocycles. The van der Waals surface area contributed by atoms with Crippen molar-refractivity contribution in [3.05, 3.63) is 57.6 Å². The topological polar surface area (TPSA) is 66.4 Å². The van der Waals surface area contributed by atoms with E-state index in [0.717, 1.165) is 55.7 Å². The number of ketones is 1. The van der Waals surface area contributed by atoms with E-state index >= 15 is 0 Å². The molecule has 0 spiro atoms. The molecule has 1 saturated heterocycles. The average Bonchev–Trinajstić information content (AvgIpc) is 3.32. The van der Waals surface area contributed by atoms with Crippen molar-refractivity contribution in [3.8, 4) is 0 Å². The number of amides is 1. The molecule has 0 bridgehead atoms. The van der Waals surface area contributed by atoms with Gasteiger partial charge in [-0.1, -0.05) is 24.4 Å². The Morgan fingerprint density at radius 3 is 2.39 bits per heavy atom. The number of carbonyl (C=O) groups excluding carboxylic acids is 2. The summed E-state index contributed by atoms with van der Waals surface area (Å²) in [5.41, 5.74) is 3.68. The van der Waals surface area contributed by atoms with E-state index in [1.807, 2.05) is 12.1 Å². The number of aryl methyl sites for hydroxylation is 1. The van der Waals surface area contributed by atoms with Gasteiger partial charge >= 0.3 is 0 Å². The number of piperazine rings is 1. The lowest BCUT2D eigenvalue weighted by molar-refractivity contribution is -0.140. The van der Waals surface area contributed by atoms with Crippen molar-refractivity contribution >= 4 is 23.3 Å². The molecule has 0 unspecified atom stereocenters. The maximum absolute atomic E-state index is 12.9. The van der Waals surface area contributed by atoms with Crippen molar-refractivity contribution in [2.75, 3.05) is 19.6 Å². The molecule has 1 aromatic heterocycles. The normalized spacial score (nSPS) is 19.8. The van der Waals surface area contributed by atoms with Gasteiger partial charge in [-0.25, -0.2) is 9.97 Å². The van der Waals surface area contributed by atoms with E-state index in [0.29, 0.717) is 22.3 Å². The molecular weight excluding hydrogens is 436 g/mol. The van der Waals surface area contributed by atoms with Crippen LogP contribution in [0.2, 0.25) is 5.02 Å². The van der Waals surface area contributed by atoms with Crippen molar-refractivity contribution in [2.45, 2.75) is 65.5 Å². The van der Waals surface area contributed by atoms with E-state index in [2.05, 4.69) is 33.6 Å². The largest absolute Gasteiger partial charge is 0.337 e. The Bertz CT molecular complexity index is 1020. The van der Waals surface area contributed by atoms with Gasteiger partial charge in [-0.3, -0.25) is 14.5 Å². The Labute approximate surface area is 201 Å². The first-order valence-corrected chi connectivity index (χ1v) is 12.3. The van der Waals surface area contributed by atoms with Crippen molar-refractivity contribution in [3.63, 3.8) is 0 Å². The molecule has 2 aromatic rings. The maximum atomic E-state index is 12.9. The van der Waals surface area contributed by atoms with Crippen LogP contribution in [0.25, 0.3) is 0 Å². The number of hydrogen-bond acceptors (Lipinski definition) is 5. The van der Waals surface area contributed by atoms with E-state index in [-0.39, 0.29) is 24.2 Å². The van der Waals surface area contributed by atoms with Gasteiger partial charge in [0.1, 0.15) is 5.82 Å². The molecule has 1 aliphatic heterocycles. The van der Waals surface area contributed by atoms with Crippen molar-refractivity contribution in [2.24, 2.45) is 5.92 Å². The smallest absolute Gasteiger partial charge is 0.226 e. The summed E-state index contributed by atoms with van der Waals surface area (Å²) >= 11 is 6.45. The number of Topliss-reactive ketones (excluding diaryl/α,β-unsaturated/α-hetero) is 1. The van der Waals surface area contributed by atoms with Gasteiger partial charge in [-0.05, 0) is 62.4 Å². The van der Waals surface area contributed by atoms with Crippen LogP contribution in [0.4, 0.5) is 0 Å². The quantitative estimate of drug-likeness (QED) is 0.588. The van der Waals surface area contributed by atoms with Gasteiger partial charge in [0.25, 0.3) is 0 Å². The Kier molecular flexibility index (Phi) is 7.45. The van der Waals surface area contributed by atoms with Crippen LogP contribution in [0.1, 0.15) is 65.5 Å². The minimum absolute atomic E-state index is 0.0148. The van der Waals surface area contributed by atoms with Crippen LogP contribution >= 0.6 is 11.6 Å². The highest BCUT2D eigenvalue weighted by atomic mass is 35.5. The van der Waals surface area contributed by atoms with Crippen molar-refractivity contribution in [1.29, 1.82) is 0 Å².